The molecule has 0 aliphatic rings. The molecule has 0 radical (unpaired) electrons. The maximum Gasteiger partial charge on any atom is 0.119 e. The van der Waals surface area contributed by atoms with Gasteiger partial charge in [-0.1, -0.05) is 108 Å². The number of ether oxygens (including phenoxy) is 1. The first kappa shape index (κ1) is 23.5. The second kappa shape index (κ2) is 14.2. The largest absolute Gasteiger partial charge is 0.494 e. The molecule has 0 saturated carbocycles. The zero-order chi connectivity index (χ0) is 20.7. The number of aliphatic hydroxyl groups excluding tert-OH is 1. The highest BCUT2D eigenvalue weighted by molar-refractivity contribution is 5.64. The van der Waals surface area contributed by atoms with Gasteiger partial charge in [0.15, 0.2) is 0 Å². The molecule has 1 unspecified atom stereocenters. The van der Waals surface area contributed by atoms with Crippen LogP contribution in [-0.2, 0) is 0 Å². The van der Waals surface area contributed by atoms with Crippen LogP contribution in [0.15, 0.2) is 48.5 Å². The lowest BCUT2D eigenvalue weighted by Gasteiger charge is -2.09. The lowest BCUT2D eigenvalue weighted by atomic mass is 10.0. The average molecular weight is 397 g/mol. The summed E-state index contributed by atoms with van der Waals surface area (Å²) in [7, 11) is 0. The van der Waals surface area contributed by atoms with Gasteiger partial charge in [0.2, 0.25) is 0 Å². The molecular weight excluding hydrogens is 356 g/mol. The number of hydrogen-bond donors (Lipinski definition) is 1. The van der Waals surface area contributed by atoms with E-state index in [9.17, 15) is 5.11 Å². The first-order valence-electron chi connectivity index (χ1n) is 11.7. The molecule has 0 amide bonds. The van der Waals surface area contributed by atoms with Crippen molar-refractivity contribution in [3.05, 3.63) is 54.1 Å². The highest BCUT2D eigenvalue weighted by Crippen LogP contribution is 2.24. The highest BCUT2D eigenvalue weighted by Gasteiger charge is 2.03. The Morgan fingerprint density at radius 1 is 0.655 bits per heavy atom. The van der Waals surface area contributed by atoms with Gasteiger partial charge in [-0.05, 0) is 42.2 Å². The van der Waals surface area contributed by atoms with Crippen molar-refractivity contribution in [1.82, 2.24) is 0 Å². The lowest BCUT2D eigenvalue weighted by molar-refractivity contribution is 0.199. The molecule has 0 aliphatic carbocycles. The summed E-state index contributed by atoms with van der Waals surface area (Å²) in [5.74, 6) is 0.946. The van der Waals surface area contributed by atoms with Crippen molar-refractivity contribution in [3.8, 4) is 16.9 Å². The molecule has 1 N–H and O–H groups in total. The number of aliphatic hydroxyl groups is 1. The molecule has 0 fully saturated rings. The summed E-state index contributed by atoms with van der Waals surface area (Å²) >= 11 is 0. The Labute approximate surface area is 178 Å². The zero-order valence-electron chi connectivity index (χ0n) is 18.5. The third-order valence-electron chi connectivity index (χ3n) is 5.60. The maximum atomic E-state index is 9.62. The molecule has 0 aliphatic heterocycles. The van der Waals surface area contributed by atoms with Crippen LogP contribution in [0.5, 0.6) is 5.75 Å². The van der Waals surface area contributed by atoms with Gasteiger partial charge in [0.05, 0.1) is 12.7 Å². The van der Waals surface area contributed by atoms with E-state index in [4.69, 9.17) is 4.74 Å². The maximum absolute atomic E-state index is 9.62. The third kappa shape index (κ3) is 9.49. The lowest BCUT2D eigenvalue weighted by Crippen LogP contribution is -1.97. The fourth-order valence-electron chi connectivity index (χ4n) is 3.65. The SMILES string of the molecule is CCCCCCCCCCCCCOc1ccc(-c2ccc(C(C)O)cc2)cc1. The molecule has 0 bridgehead atoms. The van der Waals surface area contributed by atoms with Crippen LogP contribution in [0.25, 0.3) is 11.1 Å². The van der Waals surface area contributed by atoms with Crippen LogP contribution >= 0.6 is 0 Å². The van der Waals surface area contributed by atoms with Crippen LogP contribution in [0.2, 0.25) is 0 Å². The van der Waals surface area contributed by atoms with Gasteiger partial charge < -0.3 is 9.84 Å². The van der Waals surface area contributed by atoms with Crippen molar-refractivity contribution in [2.24, 2.45) is 0 Å². The molecule has 2 heteroatoms. The van der Waals surface area contributed by atoms with Crippen molar-refractivity contribution in [3.63, 3.8) is 0 Å². The molecule has 2 rings (SSSR count). The number of unbranched alkanes of at least 4 members (excludes halogenated alkanes) is 10. The fourth-order valence-corrected chi connectivity index (χ4v) is 3.65. The number of hydrogen-bond acceptors (Lipinski definition) is 2. The van der Waals surface area contributed by atoms with Gasteiger partial charge in [0, 0.05) is 0 Å². The zero-order valence-corrected chi connectivity index (χ0v) is 18.5. The molecule has 2 nitrogen and oxygen atoms in total. The monoisotopic (exact) mass is 396 g/mol. The predicted molar refractivity (Wildman–Crippen MR) is 124 cm³/mol. The van der Waals surface area contributed by atoms with Crippen LogP contribution in [0, 0.1) is 0 Å². The van der Waals surface area contributed by atoms with E-state index >= 15 is 0 Å². The van der Waals surface area contributed by atoms with Crippen molar-refractivity contribution >= 4 is 0 Å². The Hall–Kier alpha value is -1.80. The minimum absolute atomic E-state index is 0.421. The van der Waals surface area contributed by atoms with Gasteiger partial charge >= 0.3 is 0 Å². The summed E-state index contributed by atoms with van der Waals surface area (Å²) in [6, 6.07) is 16.4. The molecule has 1 atom stereocenters. The molecule has 29 heavy (non-hydrogen) atoms. The van der Waals surface area contributed by atoms with Crippen molar-refractivity contribution in [1.29, 1.82) is 0 Å². The molecule has 2 aromatic rings. The van der Waals surface area contributed by atoms with E-state index in [1.165, 1.54) is 69.8 Å². The van der Waals surface area contributed by atoms with Crippen LogP contribution in [0.1, 0.15) is 96.1 Å². The van der Waals surface area contributed by atoms with E-state index in [1.54, 1.807) is 6.92 Å². The van der Waals surface area contributed by atoms with Crippen molar-refractivity contribution in [2.75, 3.05) is 6.61 Å². The quantitative estimate of drug-likeness (QED) is 0.308. The van der Waals surface area contributed by atoms with E-state index in [-0.39, 0.29) is 0 Å². The Balaban J connectivity index is 1.55. The van der Waals surface area contributed by atoms with E-state index in [2.05, 4.69) is 43.3 Å². The van der Waals surface area contributed by atoms with Crippen LogP contribution in [0.3, 0.4) is 0 Å². The van der Waals surface area contributed by atoms with Gasteiger partial charge in [0.1, 0.15) is 5.75 Å². The van der Waals surface area contributed by atoms with Crippen LogP contribution in [0.4, 0.5) is 0 Å². The van der Waals surface area contributed by atoms with E-state index < -0.39 is 6.10 Å². The summed E-state index contributed by atoms with van der Waals surface area (Å²) < 4.78 is 5.90. The normalized spacial score (nSPS) is 12.1. The topological polar surface area (TPSA) is 29.5 Å². The van der Waals surface area contributed by atoms with Crippen molar-refractivity contribution < 1.29 is 9.84 Å². The van der Waals surface area contributed by atoms with Gasteiger partial charge in [-0.15, -0.1) is 0 Å². The molecule has 0 saturated heterocycles. The molecular formula is C27H40O2. The Bertz CT molecular complexity index is 643. The second-order valence-electron chi connectivity index (χ2n) is 8.21. The molecule has 2 aromatic carbocycles. The summed E-state index contributed by atoms with van der Waals surface area (Å²) in [4.78, 5) is 0. The predicted octanol–water partition coefficient (Wildman–Crippen LogP) is 8.10. The second-order valence-corrected chi connectivity index (χ2v) is 8.21. The first-order valence-corrected chi connectivity index (χ1v) is 11.7. The minimum atomic E-state index is -0.421. The average Bonchev–Trinajstić information content (AvgIpc) is 2.75. The number of benzene rings is 2. The first-order chi connectivity index (χ1) is 14.2. The van der Waals surface area contributed by atoms with E-state index in [0.717, 1.165) is 29.9 Å². The Morgan fingerprint density at radius 3 is 1.59 bits per heavy atom. The molecule has 0 heterocycles. The standard InChI is InChI=1S/C27H40O2/c1-3-4-5-6-7-8-9-10-11-12-13-22-29-27-20-18-26(19-21-27)25-16-14-24(15-17-25)23(2)28/h14-21,23,28H,3-13,22H2,1-2H3. The summed E-state index contributed by atoms with van der Waals surface area (Å²) in [5.41, 5.74) is 3.27. The molecule has 0 spiro atoms. The number of rotatable bonds is 15. The van der Waals surface area contributed by atoms with Crippen LogP contribution < -0.4 is 4.74 Å². The third-order valence-corrected chi connectivity index (χ3v) is 5.60. The Kier molecular flexibility index (Phi) is 11.5. The summed E-state index contributed by atoms with van der Waals surface area (Å²) in [6.45, 7) is 4.87. The Morgan fingerprint density at radius 2 is 1.10 bits per heavy atom. The van der Waals surface area contributed by atoms with Gasteiger partial charge in [-0.2, -0.15) is 0 Å². The molecule has 160 valence electrons. The van der Waals surface area contributed by atoms with Gasteiger partial charge in [-0.3, -0.25) is 0 Å². The van der Waals surface area contributed by atoms with E-state index in [0.29, 0.717) is 0 Å². The summed E-state index contributed by atoms with van der Waals surface area (Å²) in [6.07, 6.45) is 14.5. The minimum Gasteiger partial charge on any atom is -0.494 e. The summed E-state index contributed by atoms with van der Waals surface area (Å²) in [5, 5.41) is 9.62. The smallest absolute Gasteiger partial charge is 0.119 e. The fraction of sp³-hybridized carbons (Fsp3) is 0.556. The van der Waals surface area contributed by atoms with E-state index in [1.807, 2.05) is 12.1 Å². The van der Waals surface area contributed by atoms with Crippen molar-refractivity contribution in [2.45, 2.75) is 90.6 Å². The van der Waals surface area contributed by atoms with Crippen LogP contribution in [-0.4, -0.2) is 11.7 Å². The van der Waals surface area contributed by atoms with Gasteiger partial charge in [-0.25, -0.2) is 0 Å². The molecule has 0 aromatic heterocycles. The van der Waals surface area contributed by atoms with Gasteiger partial charge in [0.25, 0.3) is 0 Å². The highest BCUT2D eigenvalue weighted by atomic mass is 16.5.